The van der Waals surface area contributed by atoms with Crippen LogP contribution in [0.25, 0.3) is 0 Å². The normalized spacial score (nSPS) is 11.5. The van der Waals surface area contributed by atoms with Crippen LogP contribution in [0.3, 0.4) is 0 Å². The van der Waals surface area contributed by atoms with Gasteiger partial charge in [-0.3, -0.25) is 0 Å². The maximum Gasteiger partial charge on any atom is -0.00187 e. The fourth-order valence-corrected chi connectivity index (χ4v) is 3.86. The van der Waals surface area contributed by atoms with Gasteiger partial charge in [0, 0.05) is 0 Å². The third-order valence-corrected chi connectivity index (χ3v) is 5.73. The average molecular weight is 368 g/mol. The van der Waals surface area contributed by atoms with Crippen LogP contribution in [0.1, 0.15) is 143 Å². The van der Waals surface area contributed by atoms with Gasteiger partial charge >= 0.3 is 0 Å². The first-order chi connectivity index (χ1) is 12.8. The van der Waals surface area contributed by atoms with Crippen LogP contribution >= 0.6 is 0 Å². The molecule has 0 unspecified atom stereocenters. The molecule has 0 bridgehead atoms. The number of hydrogen-bond acceptors (Lipinski definition) is 1. The van der Waals surface area contributed by atoms with E-state index >= 15 is 0 Å². The van der Waals surface area contributed by atoms with Crippen molar-refractivity contribution in [1.29, 1.82) is 0 Å². The third-order valence-electron chi connectivity index (χ3n) is 5.73. The minimum atomic E-state index is 1.35. The van der Waals surface area contributed by atoms with Crippen molar-refractivity contribution in [1.82, 2.24) is 4.90 Å². The molecule has 0 aromatic carbocycles. The van der Waals surface area contributed by atoms with Gasteiger partial charge in [-0.2, -0.15) is 0 Å². The molecule has 0 N–H and O–H groups in total. The summed E-state index contributed by atoms with van der Waals surface area (Å²) in [5, 5.41) is 0. The van der Waals surface area contributed by atoms with E-state index in [1.165, 1.54) is 142 Å². The summed E-state index contributed by atoms with van der Waals surface area (Å²) >= 11 is 0. The lowest BCUT2D eigenvalue weighted by molar-refractivity contribution is 0.254. The molecule has 0 atom stereocenters. The molecule has 0 aliphatic rings. The highest BCUT2D eigenvalue weighted by atomic mass is 15.1. The van der Waals surface area contributed by atoms with Crippen LogP contribution in [0.5, 0.6) is 0 Å². The van der Waals surface area contributed by atoms with Gasteiger partial charge < -0.3 is 4.90 Å². The molecule has 0 heterocycles. The molecule has 1 nitrogen and oxygen atoms in total. The summed E-state index contributed by atoms with van der Waals surface area (Å²) in [5.74, 6) is 0. The van der Waals surface area contributed by atoms with Crippen LogP contribution < -0.4 is 0 Å². The summed E-state index contributed by atoms with van der Waals surface area (Å²) in [6, 6.07) is 0. The van der Waals surface area contributed by atoms with E-state index in [9.17, 15) is 0 Å². The van der Waals surface area contributed by atoms with E-state index in [2.05, 4.69) is 25.7 Å². The standard InChI is InChI=1S/C25H53N/c1-4-7-10-13-14-15-16-17-18-19-22-25-26(23-20-11-8-5-2)24-21-12-9-6-3/h4-25H2,1-3H3. The monoisotopic (exact) mass is 367 g/mol. The summed E-state index contributed by atoms with van der Waals surface area (Å²) in [7, 11) is 0. The van der Waals surface area contributed by atoms with E-state index in [0.717, 1.165) is 0 Å². The number of hydrogen-bond donors (Lipinski definition) is 0. The molecule has 1 heteroatoms. The number of nitrogens with zero attached hydrogens (tertiary/aromatic N) is 1. The number of unbranched alkanes of at least 4 members (excludes halogenated alkanes) is 16. The minimum absolute atomic E-state index is 1.35. The lowest BCUT2D eigenvalue weighted by Crippen LogP contribution is -2.27. The molecule has 0 amide bonds. The molecule has 0 aromatic heterocycles. The molecular formula is C25H53N. The Balaban J connectivity index is 3.57. The second-order valence-corrected chi connectivity index (χ2v) is 8.50. The third kappa shape index (κ3) is 20.3. The van der Waals surface area contributed by atoms with Crippen molar-refractivity contribution in [3.8, 4) is 0 Å². The Labute approximate surface area is 167 Å². The molecule has 26 heavy (non-hydrogen) atoms. The summed E-state index contributed by atoms with van der Waals surface area (Å²) in [5.41, 5.74) is 0. The van der Waals surface area contributed by atoms with Crippen molar-refractivity contribution in [2.75, 3.05) is 19.6 Å². The second-order valence-electron chi connectivity index (χ2n) is 8.50. The largest absolute Gasteiger partial charge is 0.303 e. The zero-order valence-electron chi connectivity index (χ0n) is 19.0. The molecular weight excluding hydrogens is 314 g/mol. The van der Waals surface area contributed by atoms with Crippen LogP contribution in [-0.2, 0) is 0 Å². The highest BCUT2D eigenvalue weighted by Crippen LogP contribution is 2.12. The van der Waals surface area contributed by atoms with Crippen LogP contribution in [0, 0.1) is 0 Å². The predicted molar refractivity (Wildman–Crippen MR) is 121 cm³/mol. The molecule has 158 valence electrons. The minimum Gasteiger partial charge on any atom is -0.303 e. The first-order valence-electron chi connectivity index (χ1n) is 12.6. The maximum absolute atomic E-state index is 2.78. The van der Waals surface area contributed by atoms with Gasteiger partial charge in [0.1, 0.15) is 0 Å². The zero-order valence-corrected chi connectivity index (χ0v) is 19.0. The molecule has 0 rings (SSSR count). The van der Waals surface area contributed by atoms with Crippen LogP contribution in [0.2, 0.25) is 0 Å². The smallest absolute Gasteiger partial charge is 0.00187 e. The van der Waals surface area contributed by atoms with Crippen molar-refractivity contribution in [3.05, 3.63) is 0 Å². The van der Waals surface area contributed by atoms with Gasteiger partial charge in [0.15, 0.2) is 0 Å². The van der Waals surface area contributed by atoms with Gasteiger partial charge in [0.2, 0.25) is 0 Å². The van der Waals surface area contributed by atoms with Crippen molar-refractivity contribution in [2.24, 2.45) is 0 Å². The van der Waals surface area contributed by atoms with Gasteiger partial charge in [0.05, 0.1) is 0 Å². The summed E-state index contributed by atoms with van der Waals surface area (Å²) in [6.07, 6.45) is 27.2. The first-order valence-corrected chi connectivity index (χ1v) is 12.6. The van der Waals surface area contributed by atoms with Crippen LogP contribution in [0.15, 0.2) is 0 Å². The summed E-state index contributed by atoms with van der Waals surface area (Å²) < 4.78 is 0. The molecule has 0 saturated heterocycles. The van der Waals surface area contributed by atoms with Crippen molar-refractivity contribution < 1.29 is 0 Å². The lowest BCUT2D eigenvalue weighted by atomic mass is 10.1. The second kappa shape index (κ2) is 23.0. The molecule has 0 aromatic rings. The molecule has 0 fully saturated rings. The Morgan fingerprint density at radius 1 is 0.308 bits per heavy atom. The average Bonchev–Trinajstić information content (AvgIpc) is 2.66. The Hall–Kier alpha value is -0.0400. The van der Waals surface area contributed by atoms with Crippen molar-refractivity contribution in [2.45, 2.75) is 143 Å². The molecule has 0 radical (unpaired) electrons. The molecule has 0 saturated carbocycles. The van der Waals surface area contributed by atoms with Crippen LogP contribution in [0.4, 0.5) is 0 Å². The molecule has 0 aliphatic heterocycles. The fraction of sp³-hybridized carbons (Fsp3) is 1.00. The highest BCUT2D eigenvalue weighted by molar-refractivity contribution is 4.60. The SMILES string of the molecule is CCCCCCCCCCCCCN(CCCCCC)CCCCCC. The van der Waals surface area contributed by atoms with Gasteiger partial charge in [-0.25, -0.2) is 0 Å². The van der Waals surface area contributed by atoms with Crippen molar-refractivity contribution >= 4 is 0 Å². The summed E-state index contributed by atoms with van der Waals surface area (Å²) in [6.45, 7) is 11.0. The lowest BCUT2D eigenvalue weighted by Gasteiger charge is -2.22. The van der Waals surface area contributed by atoms with E-state index in [0.29, 0.717) is 0 Å². The fourth-order valence-electron chi connectivity index (χ4n) is 3.86. The predicted octanol–water partition coefficient (Wildman–Crippen LogP) is 8.76. The molecule has 0 spiro atoms. The van der Waals surface area contributed by atoms with Gasteiger partial charge in [-0.15, -0.1) is 0 Å². The first kappa shape index (κ1) is 26.0. The van der Waals surface area contributed by atoms with Crippen molar-refractivity contribution in [3.63, 3.8) is 0 Å². The Morgan fingerprint density at radius 2 is 0.538 bits per heavy atom. The zero-order chi connectivity index (χ0) is 19.1. The maximum atomic E-state index is 2.78. The van der Waals surface area contributed by atoms with Gasteiger partial charge in [-0.1, -0.05) is 124 Å². The Kier molecular flexibility index (Phi) is 23.0. The van der Waals surface area contributed by atoms with Crippen LogP contribution in [-0.4, -0.2) is 24.5 Å². The Bertz CT molecular complexity index is 226. The van der Waals surface area contributed by atoms with E-state index in [-0.39, 0.29) is 0 Å². The molecule has 0 aliphatic carbocycles. The highest BCUT2D eigenvalue weighted by Gasteiger charge is 2.04. The quantitative estimate of drug-likeness (QED) is 0.173. The van der Waals surface area contributed by atoms with E-state index < -0.39 is 0 Å². The van der Waals surface area contributed by atoms with E-state index in [1.807, 2.05) is 0 Å². The number of rotatable bonds is 22. The van der Waals surface area contributed by atoms with Gasteiger partial charge in [0.25, 0.3) is 0 Å². The van der Waals surface area contributed by atoms with E-state index in [4.69, 9.17) is 0 Å². The Morgan fingerprint density at radius 3 is 0.846 bits per heavy atom. The van der Waals surface area contributed by atoms with E-state index in [1.54, 1.807) is 0 Å². The summed E-state index contributed by atoms with van der Waals surface area (Å²) in [4.78, 5) is 2.78. The topological polar surface area (TPSA) is 3.24 Å². The van der Waals surface area contributed by atoms with Gasteiger partial charge in [-0.05, 0) is 38.9 Å².